The van der Waals surface area contributed by atoms with Crippen LogP contribution >= 0.6 is 0 Å². The van der Waals surface area contributed by atoms with Crippen molar-refractivity contribution in [2.45, 2.75) is 44.1 Å². The van der Waals surface area contributed by atoms with E-state index in [1.807, 2.05) is 6.07 Å². The van der Waals surface area contributed by atoms with E-state index in [2.05, 4.69) is 4.98 Å². The molecular formula is C16H23N5O5. The number of esters is 1. The zero-order valence-corrected chi connectivity index (χ0v) is 14.6. The molecule has 0 aliphatic heterocycles. The number of ether oxygens (including phenoxy) is 1. The van der Waals surface area contributed by atoms with Crippen molar-refractivity contribution in [1.82, 2.24) is 9.55 Å². The van der Waals surface area contributed by atoms with Crippen LogP contribution in [0.1, 0.15) is 20.3 Å². The van der Waals surface area contributed by atoms with E-state index < -0.39 is 48.0 Å². The highest BCUT2D eigenvalue weighted by Gasteiger charge is 2.57. The maximum Gasteiger partial charge on any atom is 0.350 e. The van der Waals surface area contributed by atoms with Crippen LogP contribution in [0.15, 0.2) is 17.1 Å². The minimum absolute atomic E-state index is 0.0311. The Morgan fingerprint density at radius 2 is 2.27 bits per heavy atom. The van der Waals surface area contributed by atoms with Gasteiger partial charge in [0.1, 0.15) is 24.1 Å². The molecule has 10 nitrogen and oxygen atoms in total. The van der Waals surface area contributed by atoms with E-state index in [1.165, 1.54) is 12.3 Å². The molecule has 1 fully saturated rings. The van der Waals surface area contributed by atoms with Crippen LogP contribution in [0.3, 0.4) is 0 Å². The number of carbonyl (C=O) groups excluding carboxylic acids is 1. The number of carbonyl (C=O) groups is 1. The summed E-state index contributed by atoms with van der Waals surface area (Å²) in [5, 5.41) is 30.1. The third-order valence-corrected chi connectivity index (χ3v) is 4.76. The third-order valence-electron chi connectivity index (χ3n) is 4.76. The average Bonchev–Trinajstić information content (AvgIpc) is 2.87. The van der Waals surface area contributed by atoms with Gasteiger partial charge in [-0.15, -0.1) is 0 Å². The van der Waals surface area contributed by atoms with Crippen molar-refractivity contribution in [1.29, 1.82) is 5.26 Å². The van der Waals surface area contributed by atoms with Crippen molar-refractivity contribution in [2.24, 2.45) is 17.6 Å². The fourth-order valence-electron chi connectivity index (χ4n) is 3.11. The number of hydrogen-bond acceptors (Lipinski definition) is 9. The molecule has 6 N–H and O–H groups in total. The van der Waals surface area contributed by atoms with Crippen LogP contribution in [0.4, 0.5) is 5.82 Å². The molecule has 1 aliphatic carbocycles. The highest BCUT2D eigenvalue weighted by molar-refractivity contribution is 5.76. The molecule has 0 aromatic carbocycles. The number of rotatable bonds is 5. The largest absolute Gasteiger partial charge is 0.458 e. The second-order valence-electron chi connectivity index (χ2n) is 6.80. The maximum atomic E-state index is 12.2. The molecule has 0 spiro atoms. The minimum Gasteiger partial charge on any atom is -0.458 e. The van der Waals surface area contributed by atoms with E-state index in [4.69, 9.17) is 16.2 Å². The number of aromatic nitrogens is 2. The van der Waals surface area contributed by atoms with Crippen molar-refractivity contribution >= 4 is 11.8 Å². The Kier molecular flexibility index (Phi) is 5.65. The Hall–Kier alpha value is -2.48. The number of nitrogens with two attached hydrogens (primary N) is 2. The molecule has 0 amide bonds. The second kappa shape index (κ2) is 7.41. The summed E-state index contributed by atoms with van der Waals surface area (Å²) in [6, 6.07) is 2.32. The van der Waals surface area contributed by atoms with Crippen molar-refractivity contribution in [3.63, 3.8) is 0 Å². The van der Waals surface area contributed by atoms with Gasteiger partial charge in [0.2, 0.25) is 0 Å². The molecule has 1 heterocycles. The number of nitriles is 1. The lowest BCUT2D eigenvalue weighted by molar-refractivity contribution is -0.160. The number of nitrogen functional groups attached to an aromatic ring is 1. The lowest BCUT2D eigenvalue weighted by Crippen LogP contribution is -2.50. The first-order chi connectivity index (χ1) is 12.2. The highest BCUT2D eigenvalue weighted by atomic mass is 16.6. The number of hydrogen-bond donors (Lipinski definition) is 4. The molecule has 26 heavy (non-hydrogen) atoms. The van der Waals surface area contributed by atoms with E-state index in [0.29, 0.717) is 0 Å². The SMILES string of the molecule is CC(C)[C@H](N)C(=O)OC1C(O)[C@](C#N)(n2ccc(N)nc2=O)C[C@@H]1CO. The molecule has 0 bridgehead atoms. The topological polar surface area (TPSA) is 177 Å². The molecule has 5 atom stereocenters. The van der Waals surface area contributed by atoms with Gasteiger partial charge in [0.15, 0.2) is 5.54 Å². The van der Waals surface area contributed by atoms with Gasteiger partial charge in [0.25, 0.3) is 0 Å². The Morgan fingerprint density at radius 1 is 1.62 bits per heavy atom. The first-order valence-electron chi connectivity index (χ1n) is 8.19. The van der Waals surface area contributed by atoms with Gasteiger partial charge >= 0.3 is 11.7 Å². The second-order valence-corrected chi connectivity index (χ2v) is 6.80. The Labute approximate surface area is 150 Å². The van der Waals surface area contributed by atoms with Crippen LogP contribution in [0.2, 0.25) is 0 Å². The van der Waals surface area contributed by atoms with E-state index in [1.54, 1.807) is 13.8 Å². The summed E-state index contributed by atoms with van der Waals surface area (Å²) in [6.45, 7) is 3.02. The van der Waals surface area contributed by atoms with E-state index in [-0.39, 0.29) is 18.2 Å². The molecule has 1 aliphatic rings. The summed E-state index contributed by atoms with van der Waals surface area (Å²) in [6.07, 6.45) is -1.62. The van der Waals surface area contributed by atoms with E-state index in [0.717, 1.165) is 4.57 Å². The van der Waals surface area contributed by atoms with Crippen LogP contribution in [-0.4, -0.2) is 50.6 Å². The maximum absolute atomic E-state index is 12.2. The molecule has 0 saturated heterocycles. The average molecular weight is 365 g/mol. The lowest BCUT2D eigenvalue weighted by Gasteiger charge is -2.29. The summed E-state index contributed by atoms with van der Waals surface area (Å²) < 4.78 is 6.26. The van der Waals surface area contributed by atoms with Gasteiger partial charge in [-0.2, -0.15) is 10.2 Å². The van der Waals surface area contributed by atoms with Crippen molar-refractivity contribution in [3.05, 3.63) is 22.7 Å². The number of nitrogens with zero attached hydrogens (tertiary/aromatic N) is 3. The van der Waals surface area contributed by atoms with Gasteiger partial charge in [0, 0.05) is 18.7 Å². The Morgan fingerprint density at radius 3 is 2.77 bits per heavy atom. The first-order valence-corrected chi connectivity index (χ1v) is 8.19. The van der Waals surface area contributed by atoms with Crippen LogP contribution < -0.4 is 17.2 Å². The Bertz CT molecular complexity index is 773. The van der Waals surface area contributed by atoms with Crippen molar-refractivity contribution in [3.8, 4) is 6.07 Å². The Balaban J connectivity index is 2.41. The van der Waals surface area contributed by atoms with Gasteiger partial charge < -0.3 is 26.4 Å². The standard InChI is InChI=1S/C16H23N5O5/c1-8(2)11(19)14(24)26-12-9(6-22)5-16(7-17,13(12)23)21-4-3-10(18)20-15(21)25/h3-4,8-9,11-13,22-23H,5-6,19H2,1-2H3,(H2,18,20,25)/t9-,11+,12?,13?,16+/m1/s1. The molecule has 2 unspecified atom stereocenters. The number of aliphatic hydroxyl groups is 2. The fourth-order valence-corrected chi connectivity index (χ4v) is 3.11. The van der Waals surface area contributed by atoms with Gasteiger partial charge in [-0.1, -0.05) is 13.8 Å². The minimum atomic E-state index is -1.75. The molecular weight excluding hydrogens is 342 g/mol. The number of anilines is 1. The van der Waals surface area contributed by atoms with Gasteiger partial charge in [-0.3, -0.25) is 9.36 Å². The van der Waals surface area contributed by atoms with Gasteiger partial charge in [0.05, 0.1) is 6.07 Å². The normalized spacial score (nSPS) is 29.3. The molecule has 1 aromatic heterocycles. The zero-order chi connectivity index (χ0) is 19.6. The van der Waals surface area contributed by atoms with Crippen LogP contribution in [0, 0.1) is 23.2 Å². The summed E-state index contributed by atoms with van der Waals surface area (Å²) in [5.41, 5.74) is 8.64. The van der Waals surface area contributed by atoms with Crippen molar-refractivity contribution in [2.75, 3.05) is 12.3 Å². The molecule has 2 rings (SSSR count). The first kappa shape index (κ1) is 19.8. The summed E-state index contributed by atoms with van der Waals surface area (Å²) >= 11 is 0. The van der Waals surface area contributed by atoms with Crippen LogP contribution in [0.25, 0.3) is 0 Å². The highest BCUT2D eigenvalue weighted by Crippen LogP contribution is 2.41. The molecule has 0 radical (unpaired) electrons. The molecule has 142 valence electrons. The third kappa shape index (κ3) is 3.29. The van der Waals surface area contributed by atoms with Gasteiger partial charge in [-0.25, -0.2) is 4.79 Å². The summed E-state index contributed by atoms with van der Waals surface area (Å²) in [4.78, 5) is 27.9. The smallest absolute Gasteiger partial charge is 0.350 e. The predicted molar refractivity (Wildman–Crippen MR) is 90.4 cm³/mol. The zero-order valence-electron chi connectivity index (χ0n) is 14.6. The van der Waals surface area contributed by atoms with Crippen molar-refractivity contribution < 1.29 is 19.7 Å². The predicted octanol–water partition coefficient (Wildman–Crippen LogP) is -1.69. The van der Waals surface area contributed by atoms with E-state index in [9.17, 15) is 25.1 Å². The van der Waals surface area contributed by atoms with Crippen LogP contribution in [0.5, 0.6) is 0 Å². The lowest BCUT2D eigenvalue weighted by atomic mass is 9.95. The molecule has 10 heteroatoms. The molecule has 1 saturated carbocycles. The van der Waals surface area contributed by atoms with E-state index >= 15 is 0 Å². The molecule has 1 aromatic rings. The van der Waals surface area contributed by atoms with Crippen LogP contribution in [-0.2, 0) is 15.1 Å². The van der Waals surface area contributed by atoms with Gasteiger partial charge in [-0.05, 0) is 18.4 Å². The summed E-state index contributed by atoms with van der Waals surface area (Å²) in [5.74, 6) is -1.73. The summed E-state index contributed by atoms with van der Waals surface area (Å²) in [7, 11) is 0. The quantitative estimate of drug-likeness (QED) is 0.443. The monoisotopic (exact) mass is 365 g/mol. The number of aliphatic hydroxyl groups excluding tert-OH is 2. The fraction of sp³-hybridized carbons (Fsp3) is 0.625.